The summed E-state index contributed by atoms with van der Waals surface area (Å²) < 4.78 is 5.10. The molecule has 0 aliphatic heterocycles. The maximum Gasteiger partial charge on any atom is 0.303 e. The number of nitrogens with two attached hydrogens (primary N) is 1. The molecule has 14 heavy (non-hydrogen) atoms. The minimum Gasteiger partial charge on any atom is -0.481 e. The Morgan fingerprint density at radius 2 is 2.36 bits per heavy atom. The van der Waals surface area contributed by atoms with Crippen LogP contribution in [-0.2, 0) is 11.2 Å². The van der Waals surface area contributed by atoms with Crippen LogP contribution in [0.1, 0.15) is 18.6 Å². The molecule has 0 aliphatic carbocycles. The first-order valence-corrected chi connectivity index (χ1v) is 4.67. The van der Waals surface area contributed by atoms with Crippen LogP contribution in [0.15, 0.2) is 16.5 Å². The van der Waals surface area contributed by atoms with Crippen LogP contribution < -0.4 is 5.73 Å². The Morgan fingerprint density at radius 3 is 2.86 bits per heavy atom. The number of carbonyl (C=O) groups is 1. The summed E-state index contributed by atoms with van der Waals surface area (Å²) in [4.78, 5) is 10.3. The molecule has 0 amide bonds. The van der Waals surface area contributed by atoms with Crippen molar-refractivity contribution in [2.45, 2.75) is 25.3 Å². The molecule has 0 aromatic carbocycles. The number of halogens is 1. The van der Waals surface area contributed by atoms with Gasteiger partial charge in [-0.3, -0.25) is 4.79 Å². The maximum atomic E-state index is 10.3. The predicted octanol–water partition coefficient (Wildman–Crippen LogP) is 1.67. The molecular formula is C9H12ClNO3. The Labute approximate surface area is 86.6 Å². The maximum absolute atomic E-state index is 10.3. The van der Waals surface area contributed by atoms with E-state index in [0.29, 0.717) is 23.8 Å². The fourth-order valence-electron chi connectivity index (χ4n) is 1.13. The summed E-state index contributed by atoms with van der Waals surface area (Å²) in [5, 5.41) is 8.76. The molecule has 5 heteroatoms. The van der Waals surface area contributed by atoms with Gasteiger partial charge in [0, 0.05) is 18.9 Å². The second-order valence-electron chi connectivity index (χ2n) is 3.10. The molecule has 0 saturated heterocycles. The van der Waals surface area contributed by atoms with Gasteiger partial charge in [0.1, 0.15) is 5.76 Å². The molecule has 0 radical (unpaired) electrons. The van der Waals surface area contributed by atoms with E-state index in [1.54, 1.807) is 12.1 Å². The van der Waals surface area contributed by atoms with E-state index in [1.165, 1.54) is 0 Å². The summed E-state index contributed by atoms with van der Waals surface area (Å²) in [6.45, 7) is 0. The lowest BCUT2D eigenvalue weighted by Crippen LogP contribution is -2.23. The van der Waals surface area contributed by atoms with Gasteiger partial charge >= 0.3 is 5.97 Å². The van der Waals surface area contributed by atoms with Crippen LogP contribution in [0.2, 0.25) is 5.22 Å². The molecule has 4 nitrogen and oxygen atoms in total. The normalized spacial score (nSPS) is 12.7. The van der Waals surface area contributed by atoms with Crippen LogP contribution in [0.4, 0.5) is 0 Å². The van der Waals surface area contributed by atoms with Gasteiger partial charge in [-0.1, -0.05) is 0 Å². The highest BCUT2D eigenvalue weighted by Crippen LogP contribution is 2.15. The quantitative estimate of drug-likeness (QED) is 0.787. The van der Waals surface area contributed by atoms with Gasteiger partial charge in [-0.25, -0.2) is 0 Å². The first-order chi connectivity index (χ1) is 6.58. The largest absolute Gasteiger partial charge is 0.481 e. The number of carboxylic acid groups (broad SMARTS) is 1. The standard InChI is InChI=1S/C9H12ClNO3/c10-8-3-2-7(14-8)5-6(11)1-4-9(12)13/h2-3,6H,1,4-5,11H2,(H,12,13). The number of aliphatic carboxylic acids is 1. The van der Waals surface area contributed by atoms with Crippen molar-refractivity contribution in [3.63, 3.8) is 0 Å². The molecule has 0 bridgehead atoms. The zero-order valence-corrected chi connectivity index (χ0v) is 8.33. The molecule has 1 aromatic heterocycles. The van der Waals surface area contributed by atoms with Crippen molar-refractivity contribution in [1.29, 1.82) is 0 Å². The summed E-state index contributed by atoms with van der Waals surface area (Å²) in [6, 6.07) is 3.18. The second-order valence-corrected chi connectivity index (χ2v) is 3.47. The molecule has 0 saturated carbocycles. The number of hydrogen-bond donors (Lipinski definition) is 2. The molecule has 1 unspecified atom stereocenters. The van der Waals surface area contributed by atoms with Gasteiger partial charge in [0.15, 0.2) is 5.22 Å². The highest BCUT2D eigenvalue weighted by atomic mass is 35.5. The Balaban J connectivity index is 2.33. The van der Waals surface area contributed by atoms with Crippen molar-refractivity contribution in [2.75, 3.05) is 0 Å². The third-order valence-electron chi connectivity index (χ3n) is 1.82. The average molecular weight is 218 g/mol. The SMILES string of the molecule is NC(CCC(=O)O)Cc1ccc(Cl)o1. The Kier molecular flexibility index (Phi) is 3.98. The molecule has 1 atom stereocenters. The first-order valence-electron chi connectivity index (χ1n) is 4.29. The number of rotatable bonds is 5. The van der Waals surface area contributed by atoms with Crippen molar-refractivity contribution >= 4 is 17.6 Å². The van der Waals surface area contributed by atoms with Crippen LogP contribution in [-0.4, -0.2) is 17.1 Å². The van der Waals surface area contributed by atoms with Crippen molar-refractivity contribution in [3.05, 3.63) is 23.1 Å². The molecular weight excluding hydrogens is 206 g/mol. The van der Waals surface area contributed by atoms with E-state index in [0.717, 1.165) is 0 Å². The number of hydrogen-bond acceptors (Lipinski definition) is 3. The van der Waals surface area contributed by atoms with E-state index < -0.39 is 5.97 Å². The molecule has 0 aliphatic rings. The van der Waals surface area contributed by atoms with Gasteiger partial charge < -0.3 is 15.3 Å². The van der Waals surface area contributed by atoms with E-state index in [1.807, 2.05) is 0 Å². The van der Waals surface area contributed by atoms with Crippen molar-refractivity contribution in [2.24, 2.45) is 5.73 Å². The van der Waals surface area contributed by atoms with Crippen molar-refractivity contribution < 1.29 is 14.3 Å². The Morgan fingerprint density at radius 1 is 1.64 bits per heavy atom. The molecule has 0 spiro atoms. The summed E-state index contributed by atoms with van der Waals surface area (Å²) >= 11 is 5.57. The Bertz CT molecular complexity index is 311. The van der Waals surface area contributed by atoms with Gasteiger partial charge in [0.25, 0.3) is 0 Å². The fraction of sp³-hybridized carbons (Fsp3) is 0.444. The first kappa shape index (κ1) is 11.1. The lowest BCUT2D eigenvalue weighted by atomic mass is 10.1. The van der Waals surface area contributed by atoms with Crippen molar-refractivity contribution in [3.8, 4) is 0 Å². The van der Waals surface area contributed by atoms with Gasteiger partial charge in [0.2, 0.25) is 0 Å². The molecule has 0 fully saturated rings. The van der Waals surface area contributed by atoms with Crippen LogP contribution in [0.5, 0.6) is 0 Å². The Hall–Kier alpha value is -1.00. The smallest absolute Gasteiger partial charge is 0.303 e. The van der Waals surface area contributed by atoms with Gasteiger partial charge in [-0.05, 0) is 30.2 Å². The van der Waals surface area contributed by atoms with Crippen LogP contribution in [0.25, 0.3) is 0 Å². The van der Waals surface area contributed by atoms with Crippen molar-refractivity contribution in [1.82, 2.24) is 0 Å². The lowest BCUT2D eigenvalue weighted by Gasteiger charge is -2.07. The average Bonchev–Trinajstić information content (AvgIpc) is 2.48. The van der Waals surface area contributed by atoms with Crippen LogP contribution in [0, 0.1) is 0 Å². The summed E-state index contributed by atoms with van der Waals surface area (Å²) in [7, 11) is 0. The molecule has 3 N–H and O–H groups in total. The topological polar surface area (TPSA) is 76.5 Å². The lowest BCUT2D eigenvalue weighted by molar-refractivity contribution is -0.137. The third-order valence-corrected chi connectivity index (χ3v) is 2.02. The molecule has 78 valence electrons. The van der Waals surface area contributed by atoms with E-state index in [-0.39, 0.29) is 12.5 Å². The monoisotopic (exact) mass is 217 g/mol. The minimum atomic E-state index is -0.835. The van der Waals surface area contributed by atoms with E-state index in [4.69, 9.17) is 26.9 Å². The van der Waals surface area contributed by atoms with E-state index in [9.17, 15) is 4.79 Å². The summed E-state index contributed by atoms with van der Waals surface area (Å²) in [6.07, 6.45) is 1.03. The van der Waals surface area contributed by atoms with Crippen LogP contribution >= 0.6 is 11.6 Å². The highest BCUT2D eigenvalue weighted by Gasteiger charge is 2.09. The number of furan rings is 1. The highest BCUT2D eigenvalue weighted by molar-refractivity contribution is 6.28. The molecule has 1 rings (SSSR count). The summed E-state index contributed by atoms with van der Waals surface area (Å²) in [5.41, 5.74) is 5.70. The van der Waals surface area contributed by atoms with E-state index in [2.05, 4.69) is 0 Å². The number of carboxylic acids is 1. The third kappa shape index (κ3) is 3.81. The van der Waals surface area contributed by atoms with Gasteiger partial charge in [-0.2, -0.15) is 0 Å². The second kappa shape index (κ2) is 5.02. The minimum absolute atomic E-state index is 0.0790. The summed E-state index contributed by atoms with van der Waals surface area (Å²) in [5.74, 6) is -0.147. The zero-order valence-electron chi connectivity index (χ0n) is 7.57. The van der Waals surface area contributed by atoms with E-state index >= 15 is 0 Å². The fourth-order valence-corrected chi connectivity index (χ4v) is 1.29. The molecule has 1 heterocycles. The molecule has 1 aromatic rings. The van der Waals surface area contributed by atoms with Gasteiger partial charge in [-0.15, -0.1) is 0 Å². The zero-order chi connectivity index (χ0) is 10.6. The van der Waals surface area contributed by atoms with Gasteiger partial charge in [0.05, 0.1) is 0 Å². The van der Waals surface area contributed by atoms with Crippen LogP contribution in [0.3, 0.4) is 0 Å². The predicted molar refractivity (Wildman–Crippen MR) is 52.3 cm³/mol.